The van der Waals surface area contributed by atoms with Crippen molar-refractivity contribution in [1.82, 2.24) is 9.88 Å². The second-order valence-electron chi connectivity index (χ2n) is 5.12. The molecule has 0 aliphatic heterocycles. The third kappa shape index (κ3) is 4.21. The first kappa shape index (κ1) is 16.8. The number of hydrogen-bond donors (Lipinski definition) is 1. The van der Waals surface area contributed by atoms with Gasteiger partial charge >= 0.3 is 4.87 Å². The molecule has 1 atom stereocenters. The summed E-state index contributed by atoms with van der Waals surface area (Å²) < 4.78 is 1.63. The largest absolute Gasteiger partial charge is 0.349 e. The molecule has 0 bridgehead atoms. The Hall–Kier alpha value is -1.59. The van der Waals surface area contributed by atoms with E-state index in [4.69, 9.17) is 11.6 Å². The second kappa shape index (κ2) is 7.61. The summed E-state index contributed by atoms with van der Waals surface area (Å²) in [6, 6.07) is 7.44. The van der Waals surface area contributed by atoms with Gasteiger partial charge in [0.25, 0.3) is 0 Å². The lowest BCUT2D eigenvalue weighted by Crippen LogP contribution is -2.29. The van der Waals surface area contributed by atoms with Crippen LogP contribution in [0.3, 0.4) is 0 Å². The standard InChI is InChI=1S/C16H19ClN2O2S/c1-3-14(12-4-6-13(17)7-5-12)18-15(20)8-9-19-11(2)10-22-16(19)21/h4-7,10,14H,3,8-9H2,1-2H3,(H,18,20)/t14-/m1/s1. The molecule has 1 aromatic carbocycles. The molecule has 0 unspecified atom stereocenters. The van der Waals surface area contributed by atoms with Crippen LogP contribution in [-0.4, -0.2) is 10.5 Å². The monoisotopic (exact) mass is 338 g/mol. The Morgan fingerprint density at radius 1 is 1.36 bits per heavy atom. The van der Waals surface area contributed by atoms with Crippen LogP contribution in [-0.2, 0) is 11.3 Å². The minimum absolute atomic E-state index is 0.0185. The summed E-state index contributed by atoms with van der Waals surface area (Å²) in [5.41, 5.74) is 1.93. The summed E-state index contributed by atoms with van der Waals surface area (Å²) in [5.74, 6) is -0.0562. The molecule has 0 saturated heterocycles. The van der Waals surface area contributed by atoms with Crippen LogP contribution in [0.15, 0.2) is 34.4 Å². The van der Waals surface area contributed by atoms with Crippen molar-refractivity contribution in [3.05, 3.63) is 55.6 Å². The van der Waals surface area contributed by atoms with Gasteiger partial charge in [0.05, 0.1) is 6.04 Å². The fourth-order valence-corrected chi connectivity index (χ4v) is 3.16. The van der Waals surface area contributed by atoms with E-state index in [-0.39, 0.29) is 16.8 Å². The van der Waals surface area contributed by atoms with Crippen LogP contribution >= 0.6 is 22.9 Å². The molecule has 0 radical (unpaired) electrons. The molecule has 1 aromatic heterocycles. The number of nitrogens with zero attached hydrogens (tertiary/aromatic N) is 1. The lowest BCUT2D eigenvalue weighted by atomic mass is 10.0. The first-order chi connectivity index (χ1) is 10.5. The van der Waals surface area contributed by atoms with E-state index in [0.29, 0.717) is 18.0 Å². The number of amides is 1. The second-order valence-corrected chi connectivity index (χ2v) is 6.38. The molecule has 4 nitrogen and oxygen atoms in total. The molecule has 1 heterocycles. The molecule has 2 rings (SSSR count). The number of halogens is 1. The molecule has 0 aliphatic rings. The van der Waals surface area contributed by atoms with Gasteiger partial charge in [0.2, 0.25) is 5.91 Å². The van der Waals surface area contributed by atoms with Crippen molar-refractivity contribution in [3.63, 3.8) is 0 Å². The Morgan fingerprint density at radius 3 is 2.59 bits per heavy atom. The molecule has 0 saturated carbocycles. The van der Waals surface area contributed by atoms with Gasteiger partial charge in [-0.2, -0.15) is 0 Å². The van der Waals surface area contributed by atoms with E-state index in [0.717, 1.165) is 29.0 Å². The first-order valence-electron chi connectivity index (χ1n) is 7.21. The zero-order valence-electron chi connectivity index (χ0n) is 12.6. The summed E-state index contributed by atoms with van der Waals surface area (Å²) in [5, 5.41) is 5.50. The van der Waals surface area contributed by atoms with Crippen LogP contribution in [0.1, 0.15) is 37.1 Å². The van der Waals surface area contributed by atoms with Gasteiger partial charge in [0.1, 0.15) is 0 Å². The summed E-state index contributed by atoms with van der Waals surface area (Å²) in [6.45, 7) is 4.31. The van der Waals surface area contributed by atoms with E-state index in [1.54, 1.807) is 4.57 Å². The normalized spacial score (nSPS) is 12.1. The number of aromatic nitrogens is 1. The highest BCUT2D eigenvalue weighted by Crippen LogP contribution is 2.19. The molecule has 2 aromatic rings. The maximum Gasteiger partial charge on any atom is 0.307 e. The van der Waals surface area contributed by atoms with E-state index in [9.17, 15) is 9.59 Å². The van der Waals surface area contributed by atoms with Crippen LogP contribution in [0, 0.1) is 6.92 Å². The van der Waals surface area contributed by atoms with E-state index < -0.39 is 0 Å². The van der Waals surface area contributed by atoms with Crippen molar-refractivity contribution in [2.75, 3.05) is 0 Å². The van der Waals surface area contributed by atoms with Crippen molar-refractivity contribution in [3.8, 4) is 0 Å². The van der Waals surface area contributed by atoms with Gasteiger partial charge in [-0.1, -0.05) is 42.0 Å². The molecular weight excluding hydrogens is 320 g/mol. The number of carbonyl (C=O) groups is 1. The number of aryl methyl sites for hydroxylation is 1. The molecule has 118 valence electrons. The smallest absolute Gasteiger partial charge is 0.307 e. The molecule has 0 aliphatic carbocycles. The predicted octanol–water partition coefficient (Wildman–Crippen LogP) is 3.53. The third-order valence-corrected chi connectivity index (χ3v) is 4.69. The summed E-state index contributed by atoms with van der Waals surface area (Å²) in [4.78, 5) is 23.7. The topological polar surface area (TPSA) is 51.1 Å². The summed E-state index contributed by atoms with van der Waals surface area (Å²) >= 11 is 7.05. The Balaban J connectivity index is 1.95. The van der Waals surface area contributed by atoms with Crippen LogP contribution in [0.5, 0.6) is 0 Å². The highest BCUT2D eigenvalue weighted by atomic mass is 35.5. The van der Waals surface area contributed by atoms with E-state index in [1.807, 2.05) is 43.5 Å². The van der Waals surface area contributed by atoms with Crippen molar-refractivity contribution in [2.45, 2.75) is 39.3 Å². The number of rotatable bonds is 6. The van der Waals surface area contributed by atoms with Crippen molar-refractivity contribution in [2.24, 2.45) is 0 Å². The number of carbonyl (C=O) groups excluding carboxylic acids is 1. The van der Waals surface area contributed by atoms with Gasteiger partial charge in [-0.25, -0.2) is 0 Å². The predicted molar refractivity (Wildman–Crippen MR) is 90.6 cm³/mol. The molecule has 1 amide bonds. The average Bonchev–Trinajstić information content (AvgIpc) is 2.82. The van der Waals surface area contributed by atoms with Crippen LogP contribution in [0.25, 0.3) is 0 Å². The van der Waals surface area contributed by atoms with Crippen molar-refractivity contribution < 1.29 is 4.79 Å². The van der Waals surface area contributed by atoms with E-state index >= 15 is 0 Å². The van der Waals surface area contributed by atoms with Gasteiger partial charge in [0.15, 0.2) is 0 Å². The third-order valence-electron chi connectivity index (χ3n) is 3.55. The molecule has 1 N–H and O–H groups in total. The number of hydrogen-bond acceptors (Lipinski definition) is 3. The van der Waals surface area contributed by atoms with Gasteiger partial charge in [0, 0.05) is 29.1 Å². The van der Waals surface area contributed by atoms with Gasteiger partial charge in [-0.3, -0.25) is 9.59 Å². The Bertz CT molecular complexity index is 691. The van der Waals surface area contributed by atoms with Crippen LogP contribution in [0.2, 0.25) is 5.02 Å². The number of nitrogens with one attached hydrogen (secondary N) is 1. The SMILES string of the molecule is CC[C@@H](NC(=O)CCn1c(C)csc1=O)c1ccc(Cl)cc1. The van der Waals surface area contributed by atoms with Gasteiger partial charge in [-0.15, -0.1) is 0 Å². The molecular formula is C16H19ClN2O2S. The van der Waals surface area contributed by atoms with Crippen molar-refractivity contribution in [1.29, 1.82) is 0 Å². The van der Waals surface area contributed by atoms with Crippen molar-refractivity contribution >= 4 is 28.8 Å². The summed E-state index contributed by atoms with van der Waals surface area (Å²) in [7, 11) is 0. The fraction of sp³-hybridized carbons (Fsp3) is 0.375. The van der Waals surface area contributed by atoms with Gasteiger partial charge in [-0.05, 0) is 31.0 Å². The highest BCUT2D eigenvalue weighted by molar-refractivity contribution is 7.07. The number of benzene rings is 1. The number of thiazole rings is 1. The highest BCUT2D eigenvalue weighted by Gasteiger charge is 2.13. The minimum Gasteiger partial charge on any atom is -0.349 e. The molecule has 22 heavy (non-hydrogen) atoms. The van der Waals surface area contributed by atoms with E-state index in [1.165, 1.54) is 0 Å². The Kier molecular flexibility index (Phi) is 5.80. The molecule has 6 heteroatoms. The fourth-order valence-electron chi connectivity index (χ4n) is 2.27. The average molecular weight is 339 g/mol. The minimum atomic E-state index is -0.0562. The first-order valence-corrected chi connectivity index (χ1v) is 8.46. The van der Waals surface area contributed by atoms with Gasteiger partial charge < -0.3 is 9.88 Å². The maximum atomic E-state index is 12.1. The lowest BCUT2D eigenvalue weighted by Gasteiger charge is -2.17. The molecule has 0 fully saturated rings. The molecule has 0 spiro atoms. The Labute approximate surface area is 138 Å². The maximum absolute atomic E-state index is 12.1. The zero-order chi connectivity index (χ0) is 16.1. The Morgan fingerprint density at radius 2 is 2.05 bits per heavy atom. The summed E-state index contributed by atoms with van der Waals surface area (Å²) in [6.07, 6.45) is 1.09. The quantitative estimate of drug-likeness (QED) is 0.876. The zero-order valence-corrected chi connectivity index (χ0v) is 14.2. The van der Waals surface area contributed by atoms with E-state index in [2.05, 4.69) is 5.32 Å². The van der Waals surface area contributed by atoms with Crippen LogP contribution < -0.4 is 10.2 Å². The van der Waals surface area contributed by atoms with Crippen LogP contribution in [0.4, 0.5) is 0 Å². The lowest BCUT2D eigenvalue weighted by molar-refractivity contribution is -0.122.